The lowest BCUT2D eigenvalue weighted by Crippen LogP contribution is -2.22. The molecule has 0 aliphatic heterocycles. The van der Waals surface area contributed by atoms with E-state index in [0.29, 0.717) is 30.0 Å². The first kappa shape index (κ1) is 15.3. The van der Waals surface area contributed by atoms with Gasteiger partial charge >= 0.3 is 5.97 Å². The molecule has 4 N–H and O–H groups in total. The van der Waals surface area contributed by atoms with Crippen molar-refractivity contribution >= 4 is 35.1 Å². The smallest absolute Gasteiger partial charge is 0.306 e. The summed E-state index contributed by atoms with van der Waals surface area (Å²) in [4.78, 5) is 34.2. The van der Waals surface area contributed by atoms with E-state index in [0.717, 1.165) is 0 Å². The molecule has 0 saturated heterocycles. The van der Waals surface area contributed by atoms with Crippen molar-refractivity contribution in [3.63, 3.8) is 0 Å². The van der Waals surface area contributed by atoms with Crippen LogP contribution in [0.1, 0.15) is 29.6 Å². The van der Waals surface area contributed by atoms with Crippen molar-refractivity contribution in [2.24, 2.45) is 17.6 Å². The number of nitrogens with two attached hydrogens (primary N) is 1. The molecule has 0 radical (unpaired) electrons. The lowest BCUT2D eigenvalue weighted by Gasteiger charge is -2.12. The molecule has 1 saturated carbocycles. The fourth-order valence-corrected chi connectivity index (χ4v) is 2.62. The molecule has 2 rings (SSSR count). The van der Waals surface area contributed by atoms with Gasteiger partial charge in [0.15, 0.2) is 0 Å². The number of carbonyl (C=O) groups excluding carboxylic acids is 2. The van der Waals surface area contributed by atoms with Crippen molar-refractivity contribution in [2.75, 3.05) is 5.32 Å². The van der Waals surface area contributed by atoms with E-state index in [1.165, 1.54) is 18.2 Å². The van der Waals surface area contributed by atoms with Gasteiger partial charge < -0.3 is 16.2 Å². The van der Waals surface area contributed by atoms with Crippen LogP contribution in [-0.2, 0) is 9.59 Å². The van der Waals surface area contributed by atoms with Crippen LogP contribution in [0.4, 0.5) is 5.69 Å². The van der Waals surface area contributed by atoms with E-state index in [2.05, 4.69) is 5.32 Å². The number of rotatable bonds is 4. The number of anilines is 1. The third kappa shape index (κ3) is 3.52. The second-order valence-corrected chi connectivity index (χ2v) is 5.50. The molecule has 6 nitrogen and oxygen atoms in total. The first-order valence-electron chi connectivity index (χ1n) is 6.51. The summed E-state index contributed by atoms with van der Waals surface area (Å²) in [6.45, 7) is 0. The zero-order valence-corrected chi connectivity index (χ0v) is 11.9. The predicted molar refractivity (Wildman–Crippen MR) is 77.1 cm³/mol. The van der Waals surface area contributed by atoms with Gasteiger partial charge in [-0.1, -0.05) is 11.6 Å². The van der Waals surface area contributed by atoms with Gasteiger partial charge in [-0.05, 0) is 37.5 Å². The Morgan fingerprint density at radius 1 is 1.24 bits per heavy atom. The minimum absolute atomic E-state index is 0.240. The zero-order valence-electron chi connectivity index (χ0n) is 11.1. The van der Waals surface area contributed by atoms with Gasteiger partial charge in [-0.3, -0.25) is 14.4 Å². The molecule has 0 unspecified atom stereocenters. The van der Waals surface area contributed by atoms with Crippen LogP contribution in [-0.4, -0.2) is 22.9 Å². The van der Waals surface area contributed by atoms with E-state index in [1.54, 1.807) is 0 Å². The van der Waals surface area contributed by atoms with E-state index < -0.39 is 17.8 Å². The molecule has 112 valence electrons. The van der Waals surface area contributed by atoms with Gasteiger partial charge in [0.2, 0.25) is 11.8 Å². The quantitative estimate of drug-likeness (QED) is 0.788. The summed E-state index contributed by atoms with van der Waals surface area (Å²) in [5.41, 5.74) is 5.72. The number of primary amides is 1. The van der Waals surface area contributed by atoms with E-state index in [1.807, 2.05) is 0 Å². The van der Waals surface area contributed by atoms with E-state index >= 15 is 0 Å². The van der Waals surface area contributed by atoms with Crippen LogP contribution >= 0.6 is 11.6 Å². The van der Waals surface area contributed by atoms with Crippen molar-refractivity contribution in [2.45, 2.75) is 19.3 Å². The van der Waals surface area contributed by atoms with Crippen LogP contribution in [0.3, 0.4) is 0 Å². The maximum absolute atomic E-state index is 12.1. The van der Waals surface area contributed by atoms with Crippen LogP contribution in [0.15, 0.2) is 18.2 Å². The molecule has 1 aliphatic rings. The highest BCUT2D eigenvalue weighted by molar-refractivity contribution is 6.33. The van der Waals surface area contributed by atoms with Crippen molar-refractivity contribution in [3.05, 3.63) is 28.8 Å². The third-order valence-electron chi connectivity index (χ3n) is 3.66. The Bertz CT molecular complexity index is 603. The first-order valence-corrected chi connectivity index (χ1v) is 6.89. The number of nitrogens with one attached hydrogen (secondary N) is 1. The third-order valence-corrected chi connectivity index (χ3v) is 3.99. The molecule has 1 aliphatic carbocycles. The van der Waals surface area contributed by atoms with Gasteiger partial charge in [-0.2, -0.15) is 0 Å². The Labute approximate surface area is 126 Å². The van der Waals surface area contributed by atoms with Crippen LogP contribution in [0.25, 0.3) is 0 Å². The first-order chi connectivity index (χ1) is 9.88. The maximum Gasteiger partial charge on any atom is 0.306 e. The molecule has 1 fully saturated rings. The molecule has 1 aromatic rings. The molecule has 0 bridgehead atoms. The number of halogens is 1. The number of hydrogen-bond donors (Lipinski definition) is 3. The Morgan fingerprint density at radius 2 is 1.90 bits per heavy atom. The number of aliphatic carboxylic acids is 1. The molecule has 7 heteroatoms. The van der Waals surface area contributed by atoms with Gasteiger partial charge in [-0.25, -0.2) is 0 Å². The van der Waals surface area contributed by atoms with Crippen LogP contribution in [0.5, 0.6) is 0 Å². The normalized spacial score (nSPS) is 21.0. The summed E-state index contributed by atoms with van der Waals surface area (Å²) in [7, 11) is 0. The second kappa shape index (κ2) is 6.13. The average molecular weight is 311 g/mol. The minimum Gasteiger partial charge on any atom is -0.481 e. The van der Waals surface area contributed by atoms with Crippen molar-refractivity contribution in [1.82, 2.24) is 0 Å². The molecule has 2 amide bonds. The highest BCUT2D eigenvalue weighted by atomic mass is 35.5. The van der Waals surface area contributed by atoms with Crippen LogP contribution in [0.2, 0.25) is 5.02 Å². The number of carboxylic acid groups (broad SMARTS) is 1. The summed E-state index contributed by atoms with van der Waals surface area (Å²) in [6.07, 6.45) is 1.33. The molecule has 0 spiro atoms. The van der Waals surface area contributed by atoms with Gasteiger partial charge in [0, 0.05) is 11.5 Å². The summed E-state index contributed by atoms with van der Waals surface area (Å²) >= 11 is 5.97. The van der Waals surface area contributed by atoms with Crippen molar-refractivity contribution in [3.8, 4) is 0 Å². The predicted octanol–water partition coefficient (Wildman–Crippen LogP) is 1.88. The topological polar surface area (TPSA) is 109 Å². The van der Waals surface area contributed by atoms with E-state index in [9.17, 15) is 14.4 Å². The number of benzene rings is 1. The molecule has 0 aromatic heterocycles. The summed E-state index contributed by atoms with van der Waals surface area (Å²) in [5, 5.41) is 11.9. The fourth-order valence-electron chi connectivity index (χ4n) is 2.45. The lowest BCUT2D eigenvalue weighted by molar-refractivity contribution is -0.141. The number of carbonyl (C=O) groups is 3. The summed E-state index contributed by atoms with van der Waals surface area (Å²) in [6, 6.07) is 4.36. The molecular weight excluding hydrogens is 296 g/mol. The number of amides is 2. The molecule has 1 aromatic carbocycles. The summed E-state index contributed by atoms with van der Waals surface area (Å²) < 4.78 is 0. The largest absolute Gasteiger partial charge is 0.481 e. The van der Waals surface area contributed by atoms with Gasteiger partial charge in [0.05, 0.1) is 16.6 Å². The standard InChI is InChI=1S/C14H15ClN2O4/c15-10-4-3-7(12(16)18)6-11(10)17-13(19)8-1-2-9(5-8)14(20)21/h3-4,6,8-9H,1-2,5H2,(H2,16,18)(H,17,19)(H,20,21)/t8-,9+/m1/s1. The van der Waals surface area contributed by atoms with Crippen molar-refractivity contribution < 1.29 is 19.5 Å². The molecule has 2 atom stereocenters. The van der Waals surface area contributed by atoms with Gasteiger partial charge in [0.1, 0.15) is 0 Å². The number of hydrogen-bond acceptors (Lipinski definition) is 3. The Hall–Kier alpha value is -2.08. The molecular formula is C14H15ClN2O4. The van der Waals surface area contributed by atoms with Crippen LogP contribution in [0, 0.1) is 11.8 Å². The van der Waals surface area contributed by atoms with Gasteiger partial charge in [0.25, 0.3) is 0 Å². The Morgan fingerprint density at radius 3 is 2.48 bits per heavy atom. The SMILES string of the molecule is NC(=O)c1ccc(Cl)c(NC(=O)[C@@H]2CC[C@H](C(=O)O)C2)c1. The lowest BCUT2D eigenvalue weighted by atomic mass is 10.0. The average Bonchev–Trinajstić information content (AvgIpc) is 2.90. The monoisotopic (exact) mass is 310 g/mol. The highest BCUT2D eigenvalue weighted by Gasteiger charge is 2.34. The fraction of sp³-hybridized carbons (Fsp3) is 0.357. The van der Waals surface area contributed by atoms with Crippen LogP contribution < -0.4 is 11.1 Å². The minimum atomic E-state index is -0.876. The zero-order chi connectivity index (χ0) is 15.6. The van der Waals surface area contributed by atoms with E-state index in [4.69, 9.17) is 22.4 Å². The van der Waals surface area contributed by atoms with Crippen molar-refractivity contribution in [1.29, 1.82) is 0 Å². The van der Waals surface area contributed by atoms with Gasteiger partial charge in [-0.15, -0.1) is 0 Å². The maximum atomic E-state index is 12.1. The number of carboxylic acids is 1. The molecule has 21 heavy (non-hydrogen) atoms. The highest BCUT2D eigenvalue weighted by Crippen LogP contribution is 2.32. The summed E-state index contributed by atoms with van der Waals surface area (Å²) in [5.74, 6) is -2.62. The Balaban J connectivity index is 2.08. The molecule has 0 heterocycles. The van der Waals surface area contributed by atoms with E-state index in [-0.39, 0.29) is 17.4 Å². The second-order valence-electron chi connectivity index (χ2n) is 5.09. The Kier molecular flexibility index (Phi) is 4.47.